The van der Waals surface area contributed by atoms with E-state index < -0.39 is 0 Å². The summed E-state index contributed by atoms with van der Waals surface area (Å²) in [5, 5.41) is 8.90. The molecule has 0 heterocycles. The van der Waals surface area contributed by atoms with Crippen LogP contribution in [0.1, 0.15) is 54.9 Å². The van der Waals surface area contributed by atoms with Crippen molar-refractivity contribution in [3.63, 3.8) is 0 Å². The Morgan fingerprint density at radius 1 is 0.957 bits per heavy atom. The molecular formula is C21H24N2. The maximum Gasteiger partial charge on any atom is 0.0991 e. The minimum atomic E-state index is 0.585. The molecule has 23 heavy (non-hydrogen) atoms. The van der Waals surface area contributed by atoms with E-state index in [2.05, 4.69) is 61.2 Å². The lowest BCUT2D eigenvalue weighted by Crippen LogP contribution is -2.25. The summed E-state index contributed by atoms with van der Waals surface area (Å²) in [6, 6.07) is 19.9. The number of hydrogen-bond donors (Lipinski definition) is 0. The smallest absolute Gasteiger partial charge is 0.0991 e. The van der Waals surface area contributed by atoms with E-state index in [0.29, 0.717) is 5.92 Å². The first kappa shape index (κ1) is 15.8. The molecule has 1 aliphatic rings. The van der Waals surface area contributed by atoms with Gasteiger partial charge in [0.15, 0.2) is 0 Å². The zero-order valence-electron chi connectivity index (χ0n) is 14.0. The lowest BCUT2D eigenvalue weighted by molar-refractivity contribution is 0.246. The topological polar surface area (TPSA) is 27.0 Å². The van der Waals surface area contributed by atoms with Crippen molar-refractivity contribution in [2.24, 2.45) is 0 Å². The Hall–Kier alpha value is -2.11. The van der Waals surface area contributed by atoms with Gasteiger partial charge in [-0.1, -0.05) is 50.2 Å². The minimum Gasteiger partial charge on any atom is -0.292 e. The van der Waals surface area contributed by atoms with Gasteiger partial charge in [0.1, 0.15) is 0 Å². The molecule has 2 aromatic carbocycles. The van der Waals surface area contributed by atoms with E-state index in [0.717, 1.165) is 24.7 Å². The molecule has 0 atom stereocenters. The summed E-state index contributed by atoms with van der Waals surface area (Å²) in [6.45, 7) is 6.43. The van der Waals surface area contributed by atoms with Crippen molar-refractivity contribution in [2.45, 2.75) is 51.7 Å². The lowest BCUT2D eigenvalue weighted by atomic mass is 10.0. The maximum absolute atomic E-state index is 8.90. The Kier molecular flexibility index (Phi) is 4.79. The molecule has 0 unspecified atom stereocenters. The molecule has 0 spiro atoms. The molecule has 1 aliphatic carbocycles. The quantitative estimate of drug-likeness (QED) is 0.763. The average Bonchev–Trinajstić information content (AvgIpc) is 3.40. The molecule has 118 valence electrons. The Balaban J connectivity index is 1.68. The highest BCUT2D eigenvalue weighted by molar-refractivity contribution is 5.32. The van der Waals surface area contributed by atoms with Crippen molar-refractivity contribution < 1.29 is 0 Å². The van der Waals surface area contributed by atoms with E-state index in [9.17, 15) is 0 Å². The largest absolute Gasteiger partial charge is 0.292 e. The Bertz CT molecular complexity index is 673. The molecule has 2 heteroatoms. The van der Waals surface area contributed by atoms with Gasteiger partial charge in [0.25, 0.3) is 0 Å². The van der Waals surface area contributed by atoms with Crippen molar-refractivity contribution >= 4 is 0 Å². The van der Waals surface area contributed by atoms with Gasteiger partial charge < -0.3 is 0 Å². The van der Waals surface area contributed by atoms with Crippen LogP contribution in [0.5, 0.6) is 0 Å². The third-order valence-corrected chi connectivity index (χ3v) is 4.56. The summed E-state index contributed by atoms with van der Waals surface area (Å²) >= 11 is 0. The normalized spacial score (nSPS) is 14.2. The Morgan fingerprint density at radius 3 is 1.91 bits per heavy atom. The van der Waals surface area contributed by atoms with Crippen LogP contribution in [0.4, 0.5) is 0 Å². The van der Waals surface area contributed by atoms with E-state index in [4.69, 9.17) is 5.26 Å². The van der Waals surface area contributed by atoms with Gasteiger partial charge in [-0.05, 0) is 47.6 Å². The van der Waals surface area contributed by atoms with Gasteiger partial charge in [-0.3, -0.25) is 4.90 Å². The average molecular weight is 304 g/mol. The molecule has 1 saturated carbocycles. The second-order valence-corrected chi connectivity index (χ2v) is 6.84. The molecule has 1 fully saturated rings. The molecule has 2 aromatic rings. The fraction of sp³-hybridized carbons (Fsp3) is 0.381. The summed E-state index contributed by atoms with van der Waals surface area (Å²) in [5.41, 5.74) is 4.81. The third-order valence-electron chi connectivity index (χ3n) is 4.56. The standard InChI is InChI=1S/C21H24N2/c1-16(2)20-9-7-19(8-10-20)15-23(21-11-12-21)14-18-5-3-17(13-22)4-6-18/h3-10,16,21H,11-12,14-15H2,1-2H3. The zero-order chi connectivity index (χ0) is 16.2. The fourth-order valence-corrected chi connectivity index (χ4v) is 2.92. The van der Waals surface area contributed by atoms with Gasteiger partial charge in [0.05, 0.1) is 11.6 Å². The molecule has 0 saturated heterocycles. The second kappa shape index (κ2) is 6.98. The zero-order valence-corrected chi connectivity index (χ0v) is 14.0. The first-order valence-corrected chi connectivity index (χ1v) is 8.47. The predicted octanol–water partition coefficient (Wildman–Crippen LogP) is 4.85. The van der Waals surface area contributed by atoms with Crippen LogP contribution in [0, 0.1) is 11.3 Å². The van der Waals surface area contributed by atoms with Gasteiger partial charge in [-0.25, -0.2) is 0 Å². The molecule has 0 amide bonds. The monoisotopic (exact) mass is 304 g/mol. The first-order valence-electron chi connectivity index (χ1n) is 8.47. The van der Waals surface area contributed by atoms with Crippen LogP contribution in [0.25, 0.3) is 0 Å². The molecule has 0 radical (unpaired) electrons. The van der Waals surface area contributed by atoms with Gasteiger partial charge in [0, 0.05) is 19.1 Å². The number of rotatable bonds is 6. The molecule has 0 aromatic heterocycles. The number of benzene rings is 2. The van der Waals surface area contributed by atoms with E-state index in [1.807, 2.05) is 12.1 Å². The van der Waals surface area contributed by atoms with Gasteiger partial charge in [-0.2, -0.15) is 5.26 Å². The first-order chi connectivity index (χ1) is 11.2. The van der Waals surface area contributed by atoms with Gasteiger partial charge in [-0.15, -0.1) is 0 Å². The summed E-state index contributed by atoms with van der Waals surface area (Å²) in [7, 11) is 0. The van der Waals surface area contributed by atoms with Crippen molar-refractivity contribution in [1.29, 1.82) is 5.26 Å². The van der Waals surface area contributed by atoms with Crippen LogP contribution in [0.2, 0.25) is 0 Å². The Labute approximate surface area is 139 Å². The van der Waals surface area contributed by atoms with Crippen LogP contribution in [-0.4, -0.2) is 10.9 Å². The van der Waals surface area contributed by atoms with Gasteiger partial charge >= 0.3 is 0 Å². The molecule has 0 aliphatic heterocycles. The highest BCUT2D eigenvalue weighted by Crippen LogP contribution is 2.30. The molecule has 2 nitrogen and oxygen atoms in total. The predicted molar refractivity (Wildman–Crippen MR) is 94.0 cm³/mol. The van der Waals surface area contributed by atoms with E-state index in [1.54, 1.807) is 0 Å². The fourth-order valence-electron chi connectivity index (χ4n) is 2.92. The highest BCUT2D eigenvalue weighted by Gasteiger charge is 2.28. The summed E-state index contributed by atoms with van der Waals surface area (Å²) in [5.74, 6) is 0.585. The molecule has 0 N–H and O–H groups in total. The number of nitriles is 1. The van der Waals surface area contributed by atoms with Crippen LogP contribution >= 0.6 is 0 Å². The third kappa shape index (κ3) is 4.21. The van der Waals surface area contributed by atoms with Crippen molar-refractivity contribution in [3.05, 3.63) is 70.8 Å². The Morgan fingerprint density at radius 2 is 1.48 bits per heavy atom. The molecular weight excluding hydrogens is 280 g/mol. The minimum absolute atomic E-state index is 0.585. The van der Waals surface area contributed by atoms with Crippen LogP contribution < -0.4 is 0 Å². The van der Waals surface area contributed by atoms with Crippen LogP contribution in [0.15, 0.2) is 48.5 Å². The van der Waals surface area contributed by atoms with E-state index in [-0.39, 0.29) is 0 Å². The second-order valence-electron chi connectivity index (χ2n) is 6.84. The molecule has 3 rings (SSSR count). The summed E-state index contributed by atoms with van der Waals surface area (Å²) in [6.07, 6.45) is 2.61. The van der Waals surface area contributed by atoms with Crippen molar-refractivity contribution in [2.75, 3.05) is 0 Å². The van der Waals surface area contributed by atoms with Crippen molar-refractivity contribution in [1.82, 2.24) is 4.90 Å². The van der Waals surface area contributed by atoms with Crippen LogP contribution in [-0.2, 0) is 13.1 Å². The highest BCUT2D eigenvalue weighted by atomic mass is 15.2. The van der Waals surface area contributed by atoms with E-state index in [1.165, 1.54) is 29.5 Å². The SMILES string of the molecule is CC(C)c1ccc(CN(Cc2ccc(C#N)cc2)C2CC2)cc1. The summed E-state index contributed by atoms with van der Waals surface area (Å²) < 4.78 is 0. The maximum atomic E-state index is 8.90. The van der Waals surface area contributed by atoms with Gasteiger partial charge in [0.2, 0.25) is 0 Å². The number of hydrogen-bond acceptors (Lipinski definition) is 2. The summed E-state index contributed by atoms with van der Waals surface area (Å²) in [4.78, 5) is 2.56. The van der Waals surface area contributed by atoms with Crippen LogP contribution in [0.3, 0.4) is 0 Å². The lowest BCUT2D eigenvalue weighted by Gasteiger charge is -2.22. The number of nitrogens with zero attached hydrogens (tertiary/aromatic N) is 2. The van der Waals surface area contributed by atoms with Crippen molar-refractivity contribution in [3.8, 4) is 6.07 Å². The molecule has 0 bridgehead atoms. The van der Waals surface area contributed by atoms with E-state index >= 15 is 0 Å².